The lowest BCUT2D eigenvalue weighted by Gasteiger charge is -2.26. The van der Waals surface area contributed by atoms with Crippen LogP contribution >= 0.6 is 0 Å². The molecule has 38 heavy (non-hydrogen) atoms. The average molecular weight is 520 g/mol. The van der Waals surface area contributed by atoms with Gasteiger partial charge in [-0.25, -0.2) is 4.39 Å². The molecule has 1 saturated heterocycles. The van der Waals surface area contributed by atoms with Gasteiger partial charge in [0.05, 0.1) is 36.3 Å². The Balaban J connectivity index is 1.25. The largest absolute Gasteiger partial charge is 0.390 e. The highest BCUT2D eigenvalue weighted by Crippen LogP contribution is 2.29. The van der Waals surface area contributed by atoms with Crippen molar-refractivity contribution in [2.45, 2.75) is 26.0 Å². The van der Waals surface area contributed by atoms with Gasteiger partial charge in [0, 0.05) is 48.8 Å². The summed E-state index contributed by atoms with van der Waals surface area (Å²) >= 11 is 0. The number of hydrogen-bond donors (Lipinski definition) is 2. The highest BCUT2D eigenvalue weighted by atomic mass is 19.1. The normalized spacial score (nSPS) is 18.5. The molecule has 2 aliphatic rings. The number of carbonyl (C=O) groups excluding carboxylic acids is 1. The summed E-state index contributed by atoms with van der Waals surface area (Å²) in [6.45, 7) is 8.17. The lowest BCUT2D eigenvalue weighted by atomic mass is 10.1. The molecule has 2 N–H and O–H groups in total. The minimum Gasteiger partial charge on any atom is -0.390 e. The average Bonchev–Trinajstić information content (AvgIpc) is 3.41. The van der Waals surface area contributed by atoms with Crippen LogP contribution in [0.2, 0.25) is 0 Å². The molecule has 2 aromatic carbocycles. The van der Waals surface area contributed by atoms with E-state index in [2.05, 4.69) is 15.3 Å². The van der Waals surface area contributed by atoms with E-state index in [0.717, 1.165) is 62.3 Å². The molecule has 3 heterocycles. The van der Waals surface area contributed by atoms with E-state index in [1.807, 2.05) is 41.1 Å². The van der Waals surface area contributed by atoms with Crippen molar-refractivity contribution in [2.24, 2.45) is 5.10 Å². The number of morpholine rings is 1. The Kier molecular flexibility index (Phi) is 8.29. The molecule has 1 atom stereocenters. The van der Waals surface area contributed by atoms with Crippen molar-refractivity contribution >= 4 is 34.3 Å². The molecule has 1 amide bonds. The van der Waals surface area contributed by atoms with Crippen LogP contribution in [0.5, 0.6) is 0 Å². The van der Waals surface area contributed by atoms with Crippen molar-refractivity contribution < 1.29 is 19.0 Å². The summed E-state index contributed by atoms with van der Waals surface area (Å²) in [5.41, 5.74) is 3.26. The molecule has 0 aliphatic carbocycles. The van der Waals surface area contributed by atoms with Gasteiger partial charge in [-0.1, -0.05) is 24.3 Å². The van der Waals surface area contributed by atoms with Crippen LogP contribution < -0.4 is 10.3 Å². The van der Waals surface area contributed by atoms with E-state index in [0.29, 0.717) is 30.1 Å². The van der Waals surface area contributed by atoms with Gasteiger partial charge >= 0.3 is 0 Å². The fraction of sp³-hybridized carbons (Fsp3) is 0.379. The number of carbonyl (C=O) groups is 1. The second kappa shape index (κ2) is 12.0. The highest BCUT2D eigenvalue weighted by molar-refractivity contribution is 6.32. The maximum atomic E-state index is 13.7. The molecular formula is C29H34FN5O3. The second-order valence-corrected chi connectivity index (χ2v) is 9.76. The summed E-state index contributed by atoms with van der Waals surface area (Å²) in [5, 5.41) is 20.7. The zero-order chi connectivity index (χ0) is 26.5. The predicted octanol–water partition coefficient (Wildman–Crippen LogP) is 3.26. The first kappa shape index (κ1) is 26.2. The number of halogens is 1. The van der Waals surface area contributed by atoms with Crippen LogP contribution in [0.4, 0.5) is 10.1 Å². The van der Waals surface area contributed by atoms with E-state index in [1.165, 1.54) is 17.1 Å². The Labute approximate surface area is 222 Å². The number of aliphatic hydroxyl groups is 1. The van der Waals surface area contributed by atoms with Gasteiger partial charge in [-0.3, -0.25) is 9.69 Å². The number of benzene rings is 2. The lowest BCUT2D eigenvalue weighted by Crippen LogP contribution is -2.38. The van der Waals surface area contributed by atoms with Gasteiger partial charge < -0.3 is 19.7 Å². The Morgan fingerprint density at radius 3 is 2.82 bits per heavy atom. The van der Waals surface area contributed by atoms with Crippen LogP contribution in [-0.2, 0) is 16.1 Å². The molecule has 0 spiro atoms. The fourth-order valence-corrected chi connectivity index (χ4v) is 4.98. The van der Waals surface area contributed by atoms with Gasteiger partial charge in [0.2, 0.25) is 0 Å². The van der Waals surface area contributed by atoms with Crippen LogP contribution in [-0.4, -0.2) is 78.2 Å². The third-order valence-electron chi connectivity index (χ3n) is 6.95. The summed E-state index contributed by atoms with van der Waals surface area (Å²) < 4.78 is 21.1. The summed E-state index contributed by atoms with van der Waals surface area (Å²) in [6.07, 6.45) is 4.26. The third-order valence-corrected chi connectivity index (χ3v) is 6.95. The molecule has 0 radical (unpaired) electrons. The molecule has 200 valence electrons. The molecular weight excluding hydrogens is 485 g/mol. The quantitative estimate of drug-likeness (QED) is 0.318. The lowest BCUT2D eigenvalue weighted by molar-refractivity contribution is -0.114. The van der Waals surface area contributed by atoms with Gasteiger partial charge in [0.15, 0.2) is 0 Å². The Hall–Kier alpha value is -3.37. The number of ether oxygens (including phenoxy) is 1. The van der Waals surface area contributed by atoms with Gasteiger partial charge in [-0.2, -0.15) is 10.1 Å². The summed E-state index contributed by atoms with van der Waals surface area (Å²) in [4.78, 5) is 15.6. The summed E-state index contributed by atoms with van der Waals surface area (Å²) in [6, 6.07) is 13.8. The Morgan fingerprint density at radius 1 is 1.18 bits per heavy atom. The van der Waals surface area contributed by atoms with Crippen molar-refractivity contribution in [1.82, 2.24) is 14.8 Å². The van der Waals surface area contributed by atoms with Crippen molar-refractivity contribution in [3.63, 3.8) is 0 Å². The second-order valence-electron chi connectivity index (χ2n) is 9.76. The van der Waals surface area contributed by atoms with Crippen LogP contribution in [0, 0.1) is 5.82 Å². The summed E-state index contributed by atoms with van der Waals surface area (Å²) in [7, 11) is 0. The molecule has 3 aromatic rings. The molecule has 5 rings (SSSR count). The van der Waals surface area contributed by atoms with Gasteiger partial charge in [-0.15, -0.1) is 0 Å². The zero-order valence-electron chi connectivity index (χ0n) is 21.6. The van der Waals surface area contributed by atoms with Crippen LogP contribution in [0.3, 0.4) is 0 Å². The Morgan fingerprint density at radius 2 is 2.00 bits per heavy atom. The van der Waals surface area contributed by atoms with E-state index >= 15 is 0 Å². The van der Waals surface area contributed by atoms with E-state index in [-0.39, 0.29) is 5.91 Å². The maximum Gasteiger partial charge on any atom is 0.280 e. The van der Waals surface area contributed by atoms with Crippen LogP contribution in [0.15, 0.2) is 65.4 Å². The van der Waals surface area contributed by atoms with Gasteiger partial charge in [-0.05, 0) is 56.8 Å². The van der Waals surface area contributed by atoms with Crippen molar-refractivity contribution in [1.29, 1.82) is 0 Å². The molecule has 9 heteroatoms. The molecule has 1 fully saturated rings. The number of hydrazone groups is 1. The number of hydrogen-bond acceptors (Lipinski definition) is 6. The molecule has 8 nitrogen and oxygen atoms in total. The van der Waals surface area contributed by atoms with E-state index in [1.54, 1.807) is 19.1 Å². The van der Waals surface area contributed by atoms with Crippen molar-refractivity contribution in [3.05, 3.63) is 71.7 Å². The van der Waals surface area contributed by atoms with Crippen LogP contribution in [0.25, 0.3) is 17.0 Å². The monoisotopic (exact) mass is 519 g/mol. The zero-order valence-corrected chi connectivity index (χ0v) is 21.6. The van der Waals surface area contributed by atoms with Crippen LogP contribution in [0.1, 0.15) is 18.9 Å². The number of nitrogens with zero attached hydrogens (tertiary/aromatic N) is 4. The minimum atomic E-state index is -0.561. The molecule has 0 bridgehead atoms. The maximum absolute atomic E-state index is 13.7. The highest BCUT2D eigenvalue weighted by Gasteiger charge is 2.29. The predicted molar refractivity (Wildman–Crippen MR) is 148 cm³/mol. The van der Waals surface area contributed by atoms with Crippen molar-refractivity contribution in [3.8, 4) is 0 Å². The minimum absolute atomic E-state index is 0.300. The molecule has 1 unspecified atom stereocenters. The van der Waals surface area contributed by atoms with E-state index < -0.39 is 11.9 Å². The number of aromatic nitrogens is 1. The Bertz CT molecular complexity index is 1340. The fourth-order valence-electron chi connectivity index (χ4n) is 4.98. The molecule has 2 aliphatic heterocycles. The first-order chi connectivity index (χ1) is 18.5. The number of aliphatic hydroxyl groups excluding tert-OH is 1. The number of rotatable bonds is 10. The number of fused-ring (bicyclic) bond motifs is 1. The number of amides is 1. The number of anilines is 1. The van der Waals surface area contributed by atoms with E-state index in [9.17, 15) is 14.3 Å². The first-order valence-electron chi connectivity index (χ1n) is 13.1. The SMILES string of the molecule is CC1=NN(c2cccc(F)c2)C(=O)/C1=C/c1cn(CC(O)CNCCCN2CCOCC2)c2ccccc12. The van der Waals surface area contributed by atoms with E-state index in [4.69, 9.17) is 4.74 Å². The smallest absolute Gasteiger partial charge is 0.280 e. The third kappa shape index (κ3) is 6.02. The van der Waals surface area contributed by atoms with Gasteiger partial charge in [0.25, 0.3) is 5.91 Å². The van der Waals surface area contributed by atoms with Crippen molar-refractivity contribution in [2.75, 3.05) is 50.9 Å². The summed E-state index contributed by atoms with van der Waals surface area (Å²) in [5.74, 6) is -0.722. The number of nitrogens with one attached hydrogen (secondary N) is 1. The molecule has 0 saturated carbocycles. The first-order valence-corrected chi connectivity index (χ1v) is 13.1. The topological polar surface area (TPSA) is 82.3 Å². The number of para-hydroxylation sites is 1. The molecule has 1 aromatic heterocycles. The van der Waals surface area contributed by atoms with Gasteiger partial charge in [0.1, 0.15) is 5.82 Å². The standard InChI is InChI=1S/C29H34FN5O3/c1-21-27(29(37)35(32-21)24-7-4-6-23(30)17-24)16-22-19-34(28-9-3-2-8-26(22)28)20-25(36)18-31-10-5-11-33-12-14-38-15-13-33/h2-4,6-9,16-17,19,25,31,36H,5,10-15,18,20H2,1H3/b27-16+.